The summed E-state index contributed by atoms with van der Waals surface area (Å²) in [6, 6.07) is 0. The van der Waals surface area contributed by atoms with Crippen molar-refractivity contribution in [3.63, 3.8) is 0 Å². The third-order valence-electron chi connectivity index (χ3n) is 5.36. The number of halogens is 1. The Hall–Kier alpha value is 0.250. The van der Waals surface area contributed by atoms with Crippen LogP contribution in [0, 0.1) is 5.41 Å². The van der Waals surface area contributed by atoms with E-state index in [4.69, 9.17) is 5.73 Å². The summed E-state index contributed by atoms with van der Waals surface area (Å²) >= 11 is 0. The molecule has 0 atom stereocenters. The van der Waals surface area contributed by atoms with Crippen molar-refractivity contribution in [1.29, 1.82) is 0 Å². The SMILES string of the molecule is CCCCCCCC(CN)(CCCCCC)CCCCCC.Cl. The van der Waals surface area contributed by atoms with Gasteiger partial charge in [-0.2, -0.15) is 0 Å². The van der Waals surface area contributed by atoms with Gasteiger partial charge < -0.3 is 5.73 Å². The maximum Gasteiger partial charge on any atom is -0.00205 e. The molecule has 0 aromatic rings. The zero-order valence-electron chi connectivity index (χ0n) is 16.5. The molecular weight excluding hydrogens is 302 g/mol. The van der Waals surface area contributed by atoms with E-state index in [1.165, 1.54) is 103 Å². The summed E-state index contributed by atoms with van der Waals surface area (Å²) in [7, 11) is 0. The molecule has 23 heavy (non-hydrogen) atoms. The number of hydrogen-bond donors (Lipinski definition) is 1. The van der Waals surface area contributed by atoms with Gasteiger partial charge in [-0.3, -0.25) is 0 Å². The fourth-order valence-electron chi connectivity index (χ4n) is 3.64. The molecule has 0 aromatic carbocycles. The number of unbranched alkanes of at least 4 members (excludes halogenated alkanes) is 10. The highest BCUT2D eigenvalue weighted by molar-refractivity contribution is 5.85. The Morgan fingerprint density at radius 2 is 0.826 bits per heavy atom. The minimum Gasteiger partial charge on any atom is -0.330 e. The largest absolute Gasteiger partial charge is 0.330 e. The van der Waals surface area contributed by atoms with Gasteiger partial charge in [-0.05, 0) is 31.2 Å². The predicted octanol–water partition coefficient (Wildman–Crippen LogP) is 7.65. The van der Waals surface area contributed by atoms with Gasteiger partial charge in [0.1, 0.15) is 0 Å². The van der Waals surface area contributed by atoms with Gasteiger partial charge in [0, 0.05) is 0 Å². The molecule has 142 valence electrons. The van der Waals surface area contributed by atoms with Crippen LogP contribution in [0.3, 0.4) is 0 Å². The highest BCUT2D eigenvalue weighted by Gasteiger charge is 2.26. The molecule has 0 heterocycles. The van der Waals surface area contributed by atoms with Crippen LogP contribution in [0.25, 0.3) is 0 Å². The van der Waals surface area contributed by atoms with E-state index in [0.29, 0.717) is 5.41 Å². The smallest absolute Gasteiger partial charge is 0.00205 e. The summed E-state index contributed by atoms with van der Waals surface area (Å²) in [5, 5.41) is 0. The van der Waals surface area contributed by atoms with E-state index in [2.05, 4.69) is 20.8 Å². The second-order valence-corrected chi connectivity index (χ2v) is 7.49. The van der Waals surface area contributed by atoms with E-state index in [9.17, 15) is 0 Å². The summed E-state index contributed by atoms with van der Waals surface area (Å²) in [6.07, 6.45) is 22.2. The van der Waals surface area contributed by atoms with Crippen molar-refractivity contribution >= 4 is 12.4 Å². The fourth-order valence-corrected chi connectivity index (χ4v) is 3.64. The molecule has 0 spiro atoms. The van der Waals surface area contributed by atoms with Crippen molar-refractivity contribution < 1.29 is 0 Å². The van der Waals surface area contributed by atoms with Crippen LogP contribution >= 0.6 is 12.4 Å². The molecular formula is C21H46ClN. The Labute approximate surface area is 154 Å². The van der Waals surface area contributed by atoms with Crippen LogP contribution in [0.15, 0.2) is 0 Å². The first-order chi connectivity index (χ1) is 10.7. The van der Waals surface area contributed by atoms with Crippen LogP contribution in [0.2, 0.25) is 0 Å². The van der Waals surface area contributed by atoms with Crippen LogP contribution in [-0.2, 0) is 0 Å². The third kappa shape index (κ3) is 14.3. The lowest BCUT2D eigenvalue weighted by Crippen LogP contribution is -2.30. The van der Waals surface area contributed by atoms with Crippen LogP contribution in [0.5, 0.6) is 0 Å². The fraction of sp³-hybridized carbons (Fsp3) is 1.00. The summed E-state index contributed by atoms with van der Waals surface area (Å²) in [5.74, 6) is 0. The third-order valence-corrected chi connectivity index (χ3v) is 5.36. The lowest BCUT2D eigenvalue weighted by molar-refractivity contribution is 0.205. The molecule has 0 saturated carbocycles. The topological polar surface area (TPSA) is 26.0 Å². The van der Waals surface area contributed by atoms with Crippen LogP contribution in [0.4, 0.5) is 0 Å². The normalized spacial score (nSPS) is 11.5. The van der Waals surface area contributed by atoms with E-state index >= 15 is 0 Å². The first-order valence-electron chi connectivity index (χ1n) is 10.4. The molecule has 0 amide bonds. The monoisotopic (exact) mass is 347 g/mol. The number of nitrogens with two attached hydrogens (primary N) is 1. The van der Waals surface area contributed by atoms with Gasteiger partial charge >= 0.3 is 0 Å². The molecule has 0 fully saturated rings. The van der Waals surface area contributed by atoms with Crippen molar-refractivity contribution in [1.82, 2.24) is 0 Å². The molecule has 0 aliphatic carbocycles. The zero-order chi connectivity index (χ0) is 16.5. The van der Waals surface area contributed by atoms with Gasteiger partial charge in [0.25, 0.3) is 0 Å². The molecule has 0 unspecified atom stereocenters. The average molecular weight is 348 g/mol. The predicted molar refractivity (Wildman–Crippen MR) is 110 cm³/mol. The Bertz CT molecular complexity index is 206. The van der Waals surface area contributed by atoms with Crippen molar-refractivity contribution in [3.05, 3.63) is 0 Å². The zero-order valence-corrected chi connectivity index (χ0v) is 17.3. The van der Waals surface area contributed by atoms with Gasteiger partial charge in [0.2, 0.25) is 0 Å². The van der Waals surface area contributed by atoms with Crippen LogP contribution < -0.4 is 5.73 Å². The lowest BCUT2D eigenvalue weighted by Gasteiger charge is -2.33. The molecule has 0 aliphatic heterocycles. The van der Waals surface area contributed by atoms with Crippen LogP contribution in [0.1, 0.15) is 124 Å². The highest BCUT2D eigenvalue weighted by atomic mass is 35.5. The molecule has 0 aromatic heterocycles. The minimum atomic E-state index is 0. The van der Waals surface area contributed by atoms with Crippen molar-refractivity contribution in [2.24, 2.45) is 11.1 Å². The Balaban J connectivity index is 0. The van der Waals surface area contributed by atoms with Crippen molar-refractivity contribution in [2.45, 2.75) is 124 Å². The van der Waals surface area contributed by atoms with E-state index in [1.807, 2.05) is 0 Å². The Morgan fingerprint density at radius 1 is 0.522 bits per heavy atom. The number of rotatable bonds is 17. The number of hydrogen-bond acceptors (Lipinski definition) is 1. The minimum absolute atomic E-state index is 0. The Kier molecular flexibility index (Phi) is 20.6. The van der Waals surface area contributed by atoms with Gasteiger partial charge in [-0.1, -0.05) is 104 Å². The molecule has 0 aliphatic rings. The first-order valence-corrected chi connectivity index (χ1v) is 10.4. The Morgan fingerprint density at radius 3 is 1.13 bits per heavy atom. The highest BCUT2D eigenvalue weighted by Crippen LogP contribution is 2.36. The average Bonchev–Trinajstić information content (AvgIpc) is 2.54. The van der Waals surface area contributed by atoms with Crippen molar-refractivity contribution in [3.8, 4) is 0 Å². The molecule has 2 heteroatoms. The summed E-state index contributed by atoms with van der Waals surface area (Å²) in [6.45, 7) is 7.81. The maximum atomic E-state index is 6.28. The van der Waals surface area contributed by atoms with Gasteiger partial charge in [0.15, 0.2) is 0 Å². The second-order valence-electron chi connectivity index (χ2n) is 7.49. The first kappa shape index (κ1) is 25.5. The summed E-state index contributed by atoms with van der Waals surface area (Å²) in [5.41, 5.74) is 6.74. The van der Waals surface area contributed by atoms with Crippen molar-refractivity contribution in [2.75, 3.05) is 6.54 Å². The summed E-state index contributed by atoms with van der Waals surface area (Å²) in [4.78, 5) is 0. The molecule has 0 saturated heterocycles. The molecule has 2 N–H and O–H groups in total. The van der Waals surface area contributed by atoms with E-state index < -0.39 is 0 Å². The standard InChI is InChI=1S/C21H45N.ClH/c1-4-7-10-13-16-19-21(20-22,17-14-11-8-5-2)18-15-12-9-6-3;/h4-20,22H2,1-3H3;1H. The second kappa shape index (κ2) is 18.6. The molecule has 1 nitrogen and oxygen atoms in total. The van der Waals surface area contributed by atoms with E-state index in [0.717, 1.165) is 6.54 Å². The molecule has 0 bridgehead atoms. The maximum absolute atomic E-state index is 6.28. The quantitative estimate of drug-likeness (QED) is 0.268. The van der Waals surface area contributed by atoms with E-state index in [1.54, 1.807) is 0 Å². The van der Waals surface area contributed by atoms with Crippen LogP contribution in [-0.4, -0.2) is 6.54 Å². The van der Waals surface area contributed by atoms with Gasteiger partial charge in [-0.25, -0.2) is 0 Å². The molecule has 0 rings (SSSR count). The summed E-state index contributed by atoms with van der Waals surface area (Å²) < 4.78 is 0. The van der Waals surface area contributed by atoms with Gasteiger partial charge in [-0.15, -0.1) is 12.4 Å². The van der Waals surface area contributed by atoms with E-state index in [-0.39, 0.29) is 12.4 Å². The lowest BCUT2D eigenvalue weighted by atomic mass is 9.74. The molecule has 0 radical (unpaired) electrons. The van der Waals surface area contributed by atoms with Gasteiger partial charge in [0.05, 0.1) is 0 Å².